The summed E-state index contributed by atoms with van der Waals surface area (Å²) >= 11 is 0. The summed E-state index contributed by atoms with van der Waals surface area (Å²) in [6, 6.07) is 6.80. The third kappa shape index (κ3) is 4.79. The molecule has 0 bridgehead atoms. The molecule has 1 rings (SSSR count). The van der Waals surface area contributed by atoms with Crippen LogP contribution in [0.25, 0.3) is 0 Å². The van der Waals surface area contributed by atoms with Gasteiger partial charge in [0.25, 0.3) is 0 Å². The van der Waals surface area contributed by atoms with Crippen LogP contribution in [0, 0.1) is 12.8 Å². The van der Waals surface area contributed by atoms with Gasteiger partial charge >= 0.3 is 0 Å². The monoisotopic (exact) mass is 248 g/mol. The van der Waals surface area contributed by atoms with E-state index in [0.717, 1.165) is 26.1 Å². The summed E-state index contributed by atoms with van der Waals surface area (Å²) in [5, 5.41) is 3.54. The molecule has 0 saturated carbocycles. The molecule has 0 saturated heterocycles. The van der Waals surface area contributed by atoms with Crippen molar-refractivity contribution in [2.24, 2.45) is 11.7 Å². The van der Waals surface area contributed by atoms with Gasteiger partial charge in [0.05, 0.1) is 0 Å². The molecule has 18 heavy (non-hydrogen) atoms. The first-order valence-electron chi connectivity index (χ1n) is 7.04. The zero-order valence-electron chi connectivity index (χ0n) is 12.3. The van der Waals surface area contributed by atoms with Gasteiger partial charge in [-0.1, -0.05) is 39.0 Å². The van der Waals surface area contributed by atoms with Crippen molar-refractivity contribution in [2.45, 2.75) is 46.6 Å². The Balaban J connectivity index is 2.53. The molecule has 0 amide bonds. The lowest BCUT2D eigenvalue weighted by atomic mass is 9.97. The largest absolute Gasteiger partial charge is 0.330 e. The van der Waals surface area contributed by atoms with Gasteiger partial charge in [-0.2, -0.15) is 0 Å². The van der Waals surface area contributed by atoms with Crippen LogP contribution in [0.3, 0.4) is 0 Å². The van der Waals surface area contributed by atoms with Crippen LogP contribution in [0.4, 0.5) is 0 Å². The first-order valence-corrected chi connectivity index (χ1v) is 7.04. The molecule has 0 heterocycles. The lowest BCUT2D eigenvalue weighted by Gasteiger charge is -2.14. The van der Waals surface area contributed by atoms with E-state index in [2.05, 4.69) is 51.2 Å². The molecule has 1 aromatic rings. The molecule has 102 valence electrons. The van der Waals surface area contributed by atoms with Crippen LogP contribution < -0.4 is 11.1 Å². The lowest BCUT2D eigenvalue weighted by molar-refractivity contribution is 0.486. The number of benzene rings is 1. The first kappa shape index (κ1) is 15.2. The number of aryl methyl sites for hydroxylation is 1. The molecule has 0 fully saturated rings. The van der Waals surface area contributed by atoms with Gasteiger partial charge in [-0.05, 0) is 55.0 Å². The van der Waals surface area contributed by atoms with Crippen molar-refractivity contribution in [2.75, 3.05) is 13.1 Å². The number of rotatable bonds is 7. The molecule has 2 heteroatoms. The van der Waals surface area contributed by atoms with Crippen molar-refractivity contribution in [3.05, 3.63) is 34.9 Å². The first-order chi connectivity index (χ1) is 8.54. The van der Waals surface area contributed by atoms with Crippen LogP contribution in [0.15, 0.2) is 18.2 Å². The van der Waals surface area contributed by atoms with Gasteiger partial charge in [-0.15, -0.1) is 0 Å². The van der Waals surface area contributed by atoms with Gasteiger partial charge < -0.3 is 11.1 Å². The number of nitrogens with one attached hydrogen (secondary N) is 1. The van der Waals surface area contributed by atoms with E-state index in [9.17, 15) is 0 Å². The van der Waals surface area contributed by atoms with Crippen molar-refractivity contribution in [1.82, 2.24) is 5.32 Å². The van der Waals surface area contributed by atoms with Crippen LogP contribution in [0.5, 0.6) is 0 Å². The average Bonchev–Trinajstić information content (AvgIpc) is 2.31. The number of nitrogens with two attached hydrogens (primary N) is 1. The van der Waals surface area contributed by atoms with Crippen LogP contribution in [0.1, 0.15) is 49.8 Å². The van der Waals surface area contributed by atoms with Gasteiger partial charge in [0.15, 0.2) is 0 Å². The predicted molar refractivity (Wildman–Crippen MR) is 79.8 cm³/mol. The van der Waals surface area contributed by atoms with Crippen molar-refractivity contribution in [3.8, 4) is 0 Å². The summed E-state index contributed by atoms with van der Waals surface area (Å²) in [5.41, 5.74) is 9.78. The highest BCUT2D eigenvalue weighted by Crippen LogP contribution is 2.18. The Morgan fingerprint density at radius 2 is 1.94 bits per heavy atom. The summed E-state index contributed by atoms with van der Waals surface area (Å²) < 4.78 is 0. The van der Waals surface area contributed by atoms with Gasteiger partial charge in [-0.3, -0.25) is 0 Å². The molecule has 0 radical (unpaired) electrons. The van der Waals surface area contributed by atoms with Gasteiger partial charge in [0.1, 0.15) is 0 Å². The molecule has 1 aromatic carbocycles. The van der Waals surface area contributed by atoms with Crippen molar-refractivity contribution < 1.29 is 0 Å². The molecule has 0 aliphatic rings. The highest BCUT2D eigenvalue weighted by molar-refractivity contribution is 5.32. The molecular formula is C16H28N2. The number of hydrogen-bond acceptors (Lipinski definition) is 2. The summed E-state index contributed by atoms with van der Waals surface area (Å²) in [4.78, 5) is 0. The zero-order valence-corrected chi connectivity index (χ0v) is 12.3. The van der Waals surface area contributed by atoms with Crippen molar-refractivity contribution in [3.63, 3.8) is 0 Å². The second-order valence-corrected chi connectivity index (χ2v) is 5.65. The second kappa shape index (κ2) is 7.55. The molecule has 0 aromatic heterocycles. The van der Waals surface area contributed by atoms with E-state index in [1.807, 2.05) is 0 Å². The third-order valence-electron chi connectivity index (χ3n) is 3.51. The fourth-order valence-electron chi connectivity index (χ4n) is 2.08. The van der Waals surface area contributed by atoms with Gasteiger partial charge in [0.2, 0.25) is 0 Å². The Morgan fingerprint density at radius 3 is 2.56 bits per heavy atom. The topological polar surface area (TPSA) is 38.0 Å². The molecule has 2 nitrogen and oxygen atoms in total. The Morgan fingerprint density at radius 1 is 1.22 bits per heavy atom. The molecule has 1 atom stereocenters. The van der Waals surface area contributed by atoms with E-state index in [1.54, 1.807) is 0 Å². The van der Waals surface area contributed by atoms with Crippen LogP contribution >= 0.6 is 0 Å². The molecule has 3 N–H and O–H groups in total. The van der Waals surface area contributed by atoms with Gasteiger partial charge in [0, 0.05) is 6.54 Å². The fourth-order valence-corrected chi connectivity index (χ4v) is 2.08. The minimum absolute atomic E-state index is 0.598. The lowest BCUT2D eigenvalue weighted by Crippen LogP contribution is -2.23. The maximum absolute atomic E-state index is 5.56. The normalized spacial score (nSPS) is 13.0. The Bertz CT molecular complexity index is 358. The molecule has 0 aliphatic carbocycles. The van der Waals surface area contributed by atoms with Crippen molar-refractivity contribution >= 4 is 0 Å². The Kier molecular flexibility index (Phi) is 6.37. The SMILES string of the molecule is Cc1ccc(C(C)C)cc1CNCC(C)CCN. The Hall–Kier alpha value is -0.860. The van der Waals surface area contributed by atoms with E-state index >= 15 is 0 Å². The van der Waals surface area contributed by atoms with E-state index in [1.165, 1.54) is 16.7 Å². The quantitative estimate of drug-likeness (QED) is 0.777. The fraction of sp³-hybridized carbons (Fsp3) is 0.625. The standard InChI is InChI=1S/C16H28N2/c1-12(2)15-6-5-14(4)16(9-15)11-18-10-13(3)7-8-17/h5-6,9,12-13,18H,7-8,10-11,17H2,1-4H3. The summed E-state index contributed by atoms with van der Waals surface area (Å²) in [5.74, 6) is 1.25. The molecule has 0 aliphatic heterocycles. The van der Waals surface area contributed by atoms with E-state index in [0.29, 0.717) is 11.8 Å². The minimum atomic E-state index is 0.598. The highest BCUT2D eigenvalue weighted by atomic mass is 14.9. The smallest absolute Gasteiger partial charge is 0.0208 e. The minimum Gasteiger partial charge on any atom is -0.330 e. The summed E-state index contributed by atoms with van der Waals surface area (Å²) in [6.45, 7) is 11.7. The maximum atomic E-state index is 5.56. The van der Waals surface area contributed by atoms with E-state index < -0.39 is 0 Å². The molecular weight excluding hydrogens is 220 g/mol. The third-order valence-corrected chi connectivity index (χ3v) is 3.51. The van der Waals surface area contributed by atoms with Crippen LogP contribution in [-0.2, 0) is 6.54 Å². The maximum Gasteiger partial charge on any atom is 0.0208 e. The molecule has 1 unspecified atom stereocenters. The second-order valence-electron chi connectivity index (χ2n) is 5.65. The van der Waals surface area contributed by atoms with Crippen LogP contribution in [-0.4, -0.2) is 13.1 Å². The van der Waals surface area contributed by atoms with E-state index in [4.69, 9.17) is 5.73 Å². The Labute approximate surface area is 112 Å². The summed E-state index contributed by atoms with van der Waals surface area (Å²) in [7, 11) is 0. The predicted octanol–water partition coefficient (Wildman–Crippen LogP) is 3.19. The van der Waals surface area contributed by atoms with Crippen LogP contribution in [0.2, 0.25) is 0 Å². The average molecular weight is 248 g/mol. The zero-order chi connectivity index (χ0) is 13.5. The van der Waals surface area contributed by atoms with E-state index in [-0.39, 0.29) is 0 Å². The van der Waals surface area contributed by atoms with Crippen molar-refractivity contribution in [1.29, 1.82) is 0 Å². The summed E-state index contributed by atoms with van der Waals surface area (Å²) in [6.07, 6.45) is 1.10. The number of hydrogen-bond donors (Lipinski definition) is 2. The molecule has 0 spiro atoms. The van der Waals surface area contributed by atoms with Gasteiger partial charge in [-0.25, -0.2) is 0 Å². The highest BCUT2D eigenvalue weighted by Gasteiger charge is 2.05.